The van der Waals surface area contributed by atoms with Crippen LogP contribution in [0.4, 0.5) is 0 Å². The first kappa shape index (κ1) is 16.4. The first-order valence-corrected chi connectivity index (χ1v) is 10.4. The fourth-order valence-electron chi connectivity index (χ4n) is 3.49. The summed E-state index contributed by atoms with van der Waals surface area (Å²) in [5.41, 5.74) is 3.33. The van der Waals surface area contributed by atoms with Crippen molar-refractivity contribution in [1.82, 2.24) is 5.01 Å². The molecule has 0 aliphatic carbocycles. The zero-order chi connectivity index (χ0) is 17.7. The summed E-state index contributed by atoms with van der Waals surface area (Å²) in [6.45, 7) is 0. The number of hydrazone groups is 1. The van der Waals surface area contributed by atoms with Gasteiger partial charge in [-0.2, -0.15) is 5.10 Å². The van der Waals surface area contributed by atoms with E-state index in [9.17, 15) is 0 Å². The predicted octanol–water partition coefficient (Wildman–Crippen LogP) is 6.41. The molecular formula is C20H14BrClN2OS. The van der Waals surface area contributed by atoms with Crippen LogP contribution in [-0.2, 0) is 0 Å². The Morgan fingerprint density at radius 2 is 2.00 bits per heavy atom. The fourth-order valence-corrected chi connectivity index (χ4v) is 4.74. The van der Waals surface area contributed by atoms with Crippen molar-refractivity contribution in [2.24, 2.45) is 5.10 Å². The van der Waals surface area contributed by atoms with Gasteiger partial charge in [-0.25, -0.2) is 5.01 Å². The maximum Gasteiger partial charge on any atom is 0.222 e. The number of fused-ring (bicyclic) bond motifs is 3. The van der Waals surface area contributed by atoms with Gasteiger partial charge in [-0.1, -0.05) is 45.7 Å². The molecule has 0 fully saturated rings. The zero-order valence-corrected chi connectivity index (χ0v) is 16.8. The van der Waals surface area contributed by atoms with Crippen molar-refractivity contribution in [1.29, 1.82) is 0 Å². The van der Waals surface area contributed by atoms with Crippen molar-refractivity contribution in [2.75, 3.05) is 0 Å². The minimum atomic E-state index is -0.196. The molecule has 26 heavy (non-hydrogen) atoms. The van der Waals surface area contributed by atoms with Crippen molar-refractivity contribution in [3.05, 3.63) is 85.5 Å². The number of benzene rings is 2. The number of nitrogens with zero attached hydrogens (tertiary/aromatic N) is 2. The second-order valence-electron chi connectivity index (χ2n) is 6.32. The molecule has 3 heterocycles. The molecule has 2 aliphatic heterocycles. The summed E-state index contributed by atoms with van der Waals surface area (Å²) in [7, 11) is 0. The number of hydrogen-bond donors (Lipinski definition) is 0. The molecule has 0 N–H and O–H groups in total. The van der Waals surface area contributed by atoms with Crippen LogP contribution in [0.5, 0.6) is 5.75 Å². The Labute approximate surface area is 169 Å². The lowest BCUT2D eigenvalue weighted by Gasteiger charge is -2.37. The van der Waals surface area contributed by atoms with Crippen LogP contribution < -0.4 is 4.74 Å². The van der Waals surface area contributed by atoms with Crippen molar-refractivity contribution < 1.29 is 4.74 Å². The third kappa shape index (κ3) is 2.75. The molecule has 0 saturated heterocycles. The van der Waals surface area contributed by atoms with E-state index in [0.29, 0.717) is 0 Å². The second kappa shape index (κ2) is 6.41. The summed E-state index contributed by atoms with van der Waals surface area (Å²) in [6, 6.07) is 18.4. The third-order valence-electron chi connectivity index (χ3n) is 4.72. The molecule has 0 amide bonds. The van der Waals surface area contributed by atoms with E-state index in [-0.39, 0.29) is 12.3 Å². The lowest BCUT2D eigenvalue weighted by molar-refractivity contribution is -0.0166. The Morgan fingerprint density at radius 3 is 2.77 bits per heavy atom. The molecule has 1 aromatic heterocycles. The number of ether oxygens (including phenoxy) is 1. The van der Waals surface area contributed by atoms with Gasteiger partial charge >= 0.3 is 0 Å². The van der Waals surface area contributed by atoms with Gasteiger partial charge in [0.15, 0.2) is 0 Å². The third-order valence-corrected chi connectivity index (χ3v) is 6.36. The van der Waals surface area contributed by atoms with Crippen molar-refractivity contribution in [2.45, 2.75) is 18.7 Å². The Bertz CT molecular complexity index is 988. The number of halogens is 2. The Balaban J connectivity index is 1.60. The Hall–Kier alpha value is -1.82. The lowest BCUT2D eigenvalue weighted by atomic mass is 9.96. The summed E-state index contributed by atoms with van der Waals surface area (Å²) in [4.78, 5) is 1.16. The summed E-state index contributed by atoms with van der Waals surface area (Å²) >= 11 is 11.3. The lowest BCUT2D eigenvalue weighted by Crippen LogP contribution is -2.33. The van der Waals surface area contributed by atoms with Crippen LogP contribution in [0.25, 0.3) is 0 Å². The van der Waals surface area contributed by atoms with Gasteiger partial charge in [-0.05, 0) is 47.3 Å². The highest BCUT2D eigenvalue weighted by Gasteiger charge is 2.41. The van der Waals surface area contributed by atoms with E-state index in [0.717, 1.165) is 37.8 Å². The molecule has 2 aliphatic rings. The van der Waals surface area contributed by atoms with E-state index in [4.69, 9.17) is 21.4 Å². The molecule has 0 spiro atoms. The van der Waals surface area contributed by atoms with Gasteiger partial charge in [0.2, 0.25) is 6.23 Å². The summed E-state index contributed by atoms with van der Waals surface area (Å²) in [5.74, 6) is 0.931. The number of rotatable bonds is 2. The maximum absolute atomic E-state index is 6.34. The van der Waals surface area contributed by atoms with E-state index < -0.39 is 0 Å². The second-order valence-corrected chi connectivity index (χ2v) is 8.65. The minimum absolute atomic E-state index is 0.161. The highest BCUT2D eigenvalue weighted by molar-refractivity contribution is 9.10. The molecular weight excluding hydrogens is 432 g/mol. The van der Waals surface area contributed by atoms with Crippen LogP contribution >= 0.6 is 38.9 Å². The maximum atomic E-state index is 6.34. The number of thiophene rings is 1. The normalized spacial score (nSPS) is 21.0. The van der Waals surface area contributed by atoms with E-state index in [1.54, 1.807) is 11.3 Å². The van der Waals surface area contributed by atoms with Crippen LogP contribution in [0.3, 0.4) is 0 Å². The van der Waals surface area contributed by atoms with Crippen molar-refractivity contribution in [3.63, 3.8) is 0 Å². The van der Waals surface area contributed by atoms with Gasteiger partial charge in [-0.15, -0.1) is 11.3 Å². The van der Waals surface area contributed by atoms with Crippen LogP contribution in [-0.4, -0.2) is 10.7 Å². The zero-order valence-electron chi connectivity index (χ0n) is 13.6. The molecule has 0 radical (unpaired) electrons. The highest BCUT2D eigenvalue weighted by atomic mass is 79.9. The monoisotopic (exact) mass is 444 g/mol. The Morgan fingerprint density at radius 1 is 1.15 bits per heavy atom. The highest BCUT2D eigenvalue weighted by Crippen LogP contribution is 2.48. The van der Waals surface area contributed by atoms with Crippen LogP contribution in [0.2, 0.25) is 5.02 Å². The molecule has 3 aromatic rings. The molecule has 0 unspecified atom stereocenters. The fraction of sp³-hybridized carbons (Fsp3) is 0.150. The van der Waals surface area contributed by atoms with Gasteiger partial charge in [0.1, 0.15) is 5.75 Å². The Kier molecular flexibility index (Phi) is 4.03. The molecule has 2 atom stereocenters. The first-order valence-electron chi connectivity index (χ1n) is 8.30. The van der Waals surface area contributed by atoms with Gasteiger partial charge in [0, 0.05) is 21.5 Å². The molecule has 0 bridgehead atoms. The molecule has 130 valence electrons. The SMILES string of the molecule is Clc1ccc(C2=NN3[C@H](C2)c2cc(Br)ccc2O[C@H]3c2cccs2)cc1. The van der Waals surface area contributed by atoms with E-state index in [1.807, 2.05) is 36.4 Å². The molecule has 6 heteroatoms. The van der Waals surface area contributed by atoms with Crippen LogP contribution in [0, 0.1) is 0 Å². The minimum Gasteiger partial charge on any atom is -0.464 e. The van der Waals surface area contributed by atoms with E-state index >= 15 is 0 Å². The van der Waals surface area contributed by atoms with Gasteiger partial charge < -0.3 is 4.74 Å². The summed E-state index contributed by atoms with van der Waals surface area (Å²) in [6.07, 6.45) is 0.648. The van der Waals surface area contributed by atoms with E-state index in [1.165, 1.54) is 5.56 Å². The smallest absolute Gasteiger partial charge is 0.222 e. The topological polar surface area (TPSA) is 24.8 Å². The number of hydrogen-bond acceptors (Lipinski definition) is 4. The summed E-state index contributed by atoms with van der Waals surface area (Å²) in [5, 5.41) is 9.86. The van der Waals surface area contributed by atoms with Gasteiger partial charge in [0.05, 0.1) is 16.6 Å². The van der Waals surface area contributed by atoms with Crippen molar-refractivity contribution >= 4 is 44.6 Å². The average molecular weight is 446 g/mol. The standard InChI is InChI=1S/C20H14BrClN2OS/c21-13-5-8-18-15(10-13)17-11-16(12-3-6-14(22)7-4-12)23-24(17)20(25-18)19-2-1-9-26-19/h1-10,17,20H,11H2/t17-,20+/m1/s1. The largest absolute Gasteiger partial charge is 0.464 e. The molecule has 5 rings (SSSR count). The summed E-state index contributed by atoms with van der Waals surface area (Å²) < 4.78 is 7.39. The quantitative estimate of drug-likeness (QED) is 0.455. The van der Waals surface area contributed by atoms with E-state index in [2.05, 4.69) is 44.5 Å². The van der Waals surface area contributed by atoms with Gasteiger partial charge in [0.25, 0.3) is 0 Å². The van der Waals surface area contributed by atoms with Crippen molar-refractivity contribution in [3.8, 4) is 5.75 Å². The van der Waals surface area contributed by atoms with Gasteiger partial charge in [-0.3, -0.25) is 0 Å². The molecule has 3 nitrogen and oxygen atoms in total. The molecule has 0 saturated carbocycles. The van der Waals surface area contributed by atoms with Crippen LogP contribution in [0.1, 0.15) is 34.7 Å². The average Bonchev–Trinajstić information content (AvgIpc) is 3.32. The molecule has 2 aromatic carbocycles. The van der Waals surface area contributed by atoms with Crippen LogP contribution in [0.15, 0.2) is 69.6 Å². The first-order chi connectivity index (χ1) is 12.7. The predicted molar refractivity (Wildman–Crippen MR) is 109 cm³/mol.